The van der Waals surface area contributed by atoms with E-state index in [-0.39, 0.29) is 18.1 Å². The van der Waals surface area contributed by atoms with Crippen molar-refractivity contribution < 1.29 is 19.4 Å². The van der Waals surface area contributed by atoms with Gasteiger partial charge in [0.25, 0.3) is 0 Å². The molecule has 21 heavy (non-hydrogen) atoms. The maximum absolute atomic E-state index is 12.3. The van der Waals surface area contributed by atoms with Crippen LogP contribution in [0.3, 0.4) is 0 Å². The van der Waals surface area contributed by atoms with Gasteiger partial charge in [-0.25, -0.2) is 0 Å². The summed E-state index contributed by atoms with van der Waals surface area (Å²) < 4.78 is 5.62. The van der Waals surface area contributed by atoms with Crippen molar-refractivity contribution in [3.8, 4) is 0 Å². The summed E-state index contributed by atoms with van der Waals surface area (Å²) >= 11 is 0. The minimum absolute atomic E-state index is 0.147. The van der Waals surface area contributed by atoms with Crippen molar-refractivity contribution in [2.24, 2.45) is 11.8 Å². The fraction of sp³-hybridized carbons (Fsp3) is 0.750. The maximum atomic E-state index is 12.3. The molecule has 5 nitrogen and oxygen atoms in total. The van der Waals surface area contributed by atoms with Crippen molar-refractivity contribution >= 4 is 11.9 Å². The van der Waals surface area contributed by atoms with Crippen molar-refractivity contribution in [2.45, 2.75) is 57.2 Å². The van der Waals surface area contributed by atoms with Crippen LogP contribution in [-0.4, -0.2) is 35.7 Å². The Bertz CT molecular complexity index is 459. The van der Waals surface area contributed by atoms with Crippen LogP contribution in [0, 0.1) is 11.8 Å². The lowest BCUT2D eigenvalue weighted by atomic mass is 9.78. The van der Waals surface area contributed by atoms with Gasteiger partial charge >= 0.3 is 5.97 Å². The fourth-order valence-corrected chi connectivity index (χ4v) is 3.92. The normalized spacial score (nSPS) is 34.6. The zero-order valence-electron chi connectivity index (χ0n) is 12.2. The third kappa shape index (κ3) is 2.98. The number of rotatable bonds is 5. The number of ether oxygens (including phenoxy) is 1. The molecular formula is C16H23NO4. The third-order valence-electron chi connectivity index (χ3n) is 4.99. The molecule has 0 radical (unpaired) electrons. The molecule has 2 aliphatic heterocycles. The van der Waals surface area contributed by atoms with Crippen LogP contribution in [0.25, 0.3) is 0 Å². The third-order valence-corrected chi connectivity index (χ3v) is 4.99. The Hall–Kier alpha value is -1.36. The van der Waals surface area contributed by atoms with Gasteiger partial charge in [-0.1, -0.05) is 11.6 Å². The Morgan fingerprint density at radius 2 is 2.00 bits per heavy atom. The molecule has 2 fully saturated rings. The van der Waals surface area contributed by atoms with Crippen LogP contribution in [0.5, 0.6) is 0 Å². The van der Waals surface area contributed by atoms with Gasteiger partial charge in [-0.15, -0.1) is 0 Å². The molecule has 116 valence electrons. The summed E-state index contributed by atoms with van der Waals surface area (Å²) in [7, 11) is 0. The standard InChI is InChI=1S/C16H23NO4/c18-15(17-9-8-10-4-2-1-3-5-10)13-11-6-7-12(21-11)14(13)16(19)20/h4,11-14H,1-3,5-9H2,(H,17,18)(H,19,20)/t11-,12-,13+,14-/m1/s1. The second kappa shape index (κ2) is 6.18. The highest BCUT2D eigenvalue weighted by atomic mass is 16.5. The molecule has 0 aromatic carbocycles. The van der Waals surface area contributed by atoms with Crippen LogP contribution in [0.2, 0.25) is 0 Å². The zero-order chi connectivity index (χ0) is 14.8. The van der Waals surface area contributed by atoms with Gasteiger partial charge in [0.2, 0.25) is 5.91 Å². The number of carboxylic acids is 1. The predicted molar refractivity (Wildman–Crippen MR) is 76.7 cm³/mol. The molecule has 4 atom stereocenters. The summed E-state index contributed by atoms with van der Waals surface area (Å²) in [5.74, 6) is -2.23. The van der Waals surface area contributed by atoms with Crippen molar-refractivity contribution in [1.29, 1.82) is 0 Å². The first-order valence-electron chi connectivity index (χ1n) is 8.00. The van der Waals surface area contributed by atoms with Gasteiger partial charge in [-0.3, -0.25) is 9.59 Å². The van der Waals surface area contributed by atoms with Gasteiger partial charge in [-0.05, 0) is 44.9 Å². The van der Waals surface area contributed by atoms with Crippen molar-refractivity contribution in [1.82, 2.24) is 5.32 Å². The minimum atomic E-state index is -0.905. The number of aliphatic carboxylic acids is 1. The van der Waals surface area contributed by atoms with E-state index < -0.39 is 17.8 Å². The van der Waals surface area contributed by atoms with E-state index in [0.29, 0.717) is 6.54 Å². The van der Waals surface area contributed by atoms with Crippen LogP contribution in [0.1, 0.15) is 44.9 Å². The summed E-state index contributed by atoms with van der Waals surface area (Å²) in [6, 6.07) is 0. The number of amides is 1. The van der Waals surface area contributed by atoms with Gasteiger partial charge in [0.15, 0.2) is 0 Å². The molecule has 0 unspecified atom stereocenters. The molecule has 0 saturated carbocycles. The minimum Gasteiger partial charge on any atom is -0.481 e. The van der Waals surface area contributed by atoms with E-state index in [1.54, 1.807) is 0 Å². The molecule has 1 aliphatic carbocycles. The van der Waals surface area contributed by atoms with E-state index in [4.69, 9.17) is 4.74 Å². The first-order chi connectivity index (χ1) is 10.2. The van der Waals surface area contributed by atoms with Crippen LogP contribution < -0.4 is 5.32 Å². The number of hydrogen-bond acceptors (Lipinski definition) is 3. The average molecular weight is 293 g/mol. The van der Waals surface area contributed by atoms with Gasteiger partial charge in [0, 0.05) is 6.54 Å². The number of nitrogens with one attached hydrogen (secondary N) is 1. The second-order valence-electron chi connectivity index (χ2n) is 6.33. The van der Waals surface area contributed by atoms with Gasteiger partial charge < -0.3 is 15.2 Å². The molecule has 0 aromatic rings. The van der Waals surface area contributed by atoms with Gasteiger partial charge in [0.05, 0.1) is 24.0 Å². The molecular weight excluding hydrogens is 270 g/mol. The maximum Gasteiger partial charge on any atom is 0.310 e. The Kier molecular flexibility index (Phi) is 4.29. The summed E-state index contributed by atoms with van der Waals surface area (Å²) in [6.07, 6.45) is 9.02. The quantitative estimate of drug-likeness (QED) is 0.759. The van der Waals surface area contributed by atoms with Gasteiger partial charge in [0.1, 0.15) is 0 Å². The topological polar surface area (TPSA) is 75.6 Å². The first kappa shape index (κ1) is 14.6. The fourth-order valence-electron chi connectivity index (χ4n) is 3.92. The van der Waals surface area contributed by atoms with Crippen LogP contribution in [-0.2, 0) is 14.3 Å². The molecule has 3 aliphatic rings. The second-order valence-corrected chi connectivity index (χ2v) is 6.33. The Labute approximate surface area is 124 Å². The number of carboxylic acid groups (broad SMARTS) is 1. The Balaban J connectivity index is 1.52. The summed E-state index contributed by atoms with van der Waals surface area (Å²) in [4.78, 5) is 23.7. The van der Waals surface area contributed by atoms with Crippen molar-refractivity contribution in [2.75, 3.05) is 6.54 Å². The molecule has 1 amide bonds. The SMILES string of the molecule is O=C(NCCC1=CCCCC1)[C@@H]1[C@H](C(=O)O)[C@H]2CC[C@H]1O2. The number of hydrogen-bond donors (Lipinski definition) is 2. The molecule has 2 bridgehead atoms. The van der Waals surface area contributed by atoms with E-state index in [0.717, 1.165) is 32.1 Å². The van der Waals surface area contributed by atoms with Gasteiger partial charge in [-0.2, -0.15) is 0 Å². The largest absolute Gasteiger partial charge is 0.481 e. The summed E-state index contributed by atoms with van der Waals surface area (Å²) in [5.41, 5.74) is 1.42. The summed E-state index contributed by atoms with van der Waals surface area (Å²) in [6.45, 7) is 0.602. The highest BCUT2D eigenvalue weighted by Gasteiger charge is 2.55. The predicted octanol–water partition coefficient (Wildman–Crippen LogP) is 1.87. The lowest BCUT2D eigenvalue weighted by molar-refractivity contribution is -0.147. The van der Waals surface area contributed by atoms with Crippen LogP contribution in [0.4, 0.5) is 0 Å². The van der Waals surface area contributed by atoms with Crippen LogP contribution in [0.15, 0.2) is 11.6 Å². The monoisotopic (exact) mass is 293 g/mol. The summed E-state index contributed by atoms with van der Waals surface area (Å²) in [5, 5.41) is 12.2. The molecule has 0 spiro atoms. The Morgan fingerprint density at radius 3 is 2.67 bits per heavy atom. The lowest BCUT2D eigenvalue weighted by Gasteiger charge is -2.24. The van der Waals surface area contributed by atoms with E-state index >= 15 is 0 Å². The van der Waals surface area contributed by atoms with E-state index in [9.17, 15) is 14.7 Å². The number of carbonyl (C=O) groups excluding carboxylic acids is 1. The lowest BCUT2D eigenvalue weighted by Crippen LogP contribution is -2.44. The van der Waals surface area contributed by atoms with E-state index in [1.807, 2.05) is 0 Å². The highest BCUT2D eigenvalue weighted by Crippen LogP contribution is 2.43. The average Bonchev–Trinajstić information content (AvgIpc) is 3.08. The number of carbonyl (C=O) groups is 2. The van der Waals surface area contributed by atoms with Crippen molar-refractivity contribution in [3.05, 3.63) is 11.6 Å². The highest BCUT2D eigenvalue weighted by molar-refractivity contribution is 5.86. The molecule has 2 N–H and O–H groups in total. The number of allylic oxidation sites excluding steroid dienone is 1. The molecule has 0 aromatic heterocycles. The number of fused-ring (bicyclic) bond motifs is 2. The zero-order valence-corrected chi connectivity index (χ0v) is 12.2. The van der Waals surface area contributed by atoms with Crippen LogP contribution >= 0.6 is 0 Å². The van der Waals surface area contributed by atoms with E-state index in [2.05, 4.69) is 11.4 Å². The van der Waals surface area contributed by atoms with Crippen molar-refractivity contribution in [3.63, 3.8) is 0 Å². The molecule has 2 heterocycles. The first-order valence-corrected chi connectivity index (χ1v) is 8.00. The molecule has 2 saturated heterocycles. The van der Waals surface area contributed by atoms with E-state index in [1.165, 1.54) is 18.4 Å². The molecule has 5 heteroatoms. The Morgan fingerprint density at radius 1 is 1.24 bits per heavy atom. The molecule has 3 rings (SSSR count). The smallest absolute Gasteiger partial charge is 0.310 e.